The molecule has 18 heavy (non-hydrogen) atoms. The molecule has 0 aliphatic heterocycles. The summed E-state index contributed by atoms with van der Waals surface area (Å²) in [5.74, 6) is 0.0707. The fourth-order valence-electron chi connectivity index (χ4n) is 1.38. The lowest BCUT2D eigenvalue weighted by Gasteiger charge is -2.18. The Hall–Kier alpha value is -1.62. The number of anilines is 1. The van der Waals surface area contributed by atoms with Gasteiger partial charge in [0.25, 0.3) is 0 Å². The molecule has 0 radical (unpaired) electrons. The van der Waals surface area contributed by atoms with Crippen molar-refractivity contribution in [2.75, 3.05) is 32.5 Å². The van der Waals surface area contributed by atoms with Crippen LogP contribution in [0.5, 0.6) is 0 Å². The van der Waals surface area contributed by atoms with E-state index in [2.05, 4.69) is 15.6 Å². The van der Waals surface area contributed by atoms with E-state index in [1.165, 1.54) is 0 Å². The van der Waals surface area contributed by atoms with E-state index < -0.39 is 0 Å². The van der Waals surface area contributed by atoms with Gasteiger partial charge in [-0.25, -0.2) is 0 Å². The Morgan fingerprint density at radius 1 is 1.44 bits per heavy atom. The molecule has 0 aliphatic rings. The van der Waals surface area contributed by atoms with Crippen molar-refractivity contribution in [3.05, 3.63) is 24.5 Å². The molecule has 1 aromatic heterocycles. The Morgan fingerprint density at radius 3 is 2.83 bits per heavy atom. The van der Waals surface area contributed by atoms with Crippen LogP contribution in [-0.4, -0.2) is 49.0 Å². The minimum absolute atomic E-state index is 0.0707. The lowest BCUT2D eigenvalue weighted by atomic mass is 10.3. The summed E-state index contributed by atoms with van der Waals surface area (Å²) in [5.41, 5.74) is 1.01. The number of pyridine rings is 1. The third-order valence-electron chi connectivity index (χ3n) is 2.80. The number of rotatable bonds is 7. The Kier molecular flexibility index (Phi) is 6.14. The van der Waals surface area contributed by atoms with Gasteiger partial charge >= 0.3 is 0 Å². The lowest BCUT2D eigenvalue weighted by molar-refractivity contribution is -0.124. The summed E-state index contributed by atoms with van der Waals surface area (Å²) in [6, 6.07) is 3.78. The lowest BCUT2D eigenvalue weighted by Crippen LogP contribution is -2.41. The van der Waals surface area contributed by atoms with Gasteiger partial charge in [0.05, 0.1) is 11.7 Å². The standard InChI is InChI=1S/C13H22N4O/c1-11(17(2)3)13(18)16-9-5-8-15-12-6-4-7-14-10-12/h4,6-7,10-11,15H,5,8-9H2,1-3H3,(H,16,18)/t11-/m1/s1. The smallest absolute Gasteiger partial charge is 0.237 e. The van der Waals surface area contributed by atoms with Crippen molar-refractivity contribution < 1.29 is 4.79 Å². The van der Waals surface area contributed by atoms with E-state index >= 15 is 0 Å². The van der Waals surface area contributed by atoms with Gasteiger partial charge in [-0.15, -0.1) is 0 Å². The molecule has 1 heterocycles. The SMILES string of the molecule is C[C@H](C(=O)NCCCNc1cccnc1)N(C)C. The van der Waals surface area contributed by atoms with Crippen molar-refractivity contribution in [3.8, 4) is 0 Å². The first-order chi connectivity index (χ1) is 8.61. The van der Waals surface area contributed by atoms with Crippen LogP contribution in [0.15, 0.2) is 24.5 Å². The molecule has 5 heteroatoms. The zero-order valence-corrected chi connectivity index (χ0v) is 11.3. The molecule has 100 valence electrons. The number of carbonyl (C=O) groups is 1. The van der Waals surface area contributed by atoms with Gasteiger partial charge < -0.3 is 10.6 Å². The van der Waals surface area contributed by atoms with Crippen molar-refractivity contribution in [2.45, 2.75) is 19.4 Å². The van der Waals surface area contributed by atoms with Gasteiger partial charge in [-0.3, -0.25) is 14.7 Å². The summed E-state index contributed by atoms with van der Waals surface area (Å²) < 4.78 is 0. The van der Waals surface area contributed by atoms with Crippen LogP contribution in [0.3, 0.4) is 0 Å². The fraction of sp³-hybridized carbons (Fsp3) is 0.538. The highest BCUT2D eigenvalue weighted by Gasteiger charge is 2.13. The van der Waals surface area contributed by atoms with E-state index in [-0.39, 0.29) is 11.9 Å². The van der Waals surface area contributed by atoms with E-state index in [9.17, 15) is 4.79 Å². The number of hydrogen-bond acceptors (Lipinski definition) is 4. The number of aromatic nitrogens is 1. The second-order valence-electron chi connectivity index (χ2n) is 4.45. The first-order valence-electron chi connectivity index (χ1n) is 6.19. The Labute approximate surface area is 109 Å². The zero-order chi connectivity index (χ0) is 13.4. The molecule has 1 atom stereocenters. The van der Waals surface area contributed by atoms with Crippen molar-refractivity contribution in [3.63, 3.8) is 0 Å². The second-order valence-corrected chi connectivity index (χ2v) is 4.45. The highest BCUT2D eigenvalue weighted by atomic mass is 16.2. The fourth-order valence-corrected chi connectivity index (χ4v) is 1.38. The first kappa shape index (κ1) is 14.4. The third kappa shape index (κ3) is 5.14. The van der Waals surface area contributed by atoms with Crippen molar-refractivity contribution in [1.29, 1.82) is 0 Å². The molecule has 0 unspecified atom stereocenters. The predicted molar refractivity (Wildman–Crippen MR) is 73.5 cm³/mol. The summed E-state index contributed by atoms with van der Waals surface area (Å²) in [5, 5.41) is 6.16. The number of hydrogen-bond donors (Lipinski definition) is 2. The van der Waals surface area contributed by atoms with E-state index in [0.717, 1.165) is 18.7 Å². The van der Waals surface area contributed by atoms with Crippen LogP contribution in [0, 0.1) is 0 Å². The number of likely N-dealkylation sites (N-methyl/N-ethyl adjacent to an activating group) is 1. The molecule has 0 saturated carbocycles. The van der Waals surface area contributed by atoms with Crippen LogP contribution in [0.25, 0.3) is 0 Å². The normalized spacial score (nSPS) is 12.2. The third-order valence-corrected chi connectivity index (χ3v) is 2.80. The molecule has 2 N–H and O–H groups in total. The molecular weight excluding hydrogens is 228 g/mol. The van der Waals surface area contributed by atoms with Crippen LogP contribution in [0.4, 0.5) is 5.69 Å². The van der Waals surface area contributed by atoms with E-state index in [1.54, 1.807) is 12.4 Å². The Balaban J connectivity index is 2.11. The van der Waals surface area contributed by atoms with Crippen LogP contribution in [0.1, 0.15) is 13.3 Å². The maximum absolute atomic E-state index is 11.6. The van der Waals surface area contributed by atoms with Crippen LogP contribution in [0.2, 0.25) is 0 Å². The van der Waals surface area contributed by atoms with Gasteiger partial charge in [-0.1, -0.05) is 0 Å². The minimum Gasteiger partial charge on any atom is -0.384 e. The van der Waals surface area contributed by atoms with Crippen LogP contribution in [-0.2, 0) is 4.79 Å². The van der Waals surface area contributed by atoms with E-state index in [0.29, 0.717) is 6.54 Å². The first-order valence-corrected chi connectivity index (χ1v) is 6.19. The van der Waals surface area contributed by atoms with Gasteiger partial charge in [0, 0.05) is 25.5 Å². The van der Waals surface area contributed by atoms with Gasteiger partial charge in [-0.05, 0) is 39.6 Å². The van der Waals surface area contributed by atoms with Gasteiger partial charge in [-0.2, -0.15) is 0 Å². The largest absolute Gasteiger partial charge is 0.384 e. The molecule has 0 aromatic carbocycles. The summed E-state index contributed by atoms with van der Waals surface area (Å²) in [4.78, 5) is 17.5. The summed E-state index contributed by atoms with van der Waals surface area (Å²) in [7, 11) is 3.79. The molecule has 0 bridgehead atoms. The quantitative estimate of drug-likeness (QED) is 0.707. The average Bonchev–Trinajstić information content (AvgIpc) is 2.38. The van der Waals surface area contributed by atoms with Gasteiger partial charge in [0.1, 0.15) is 0 Å². The molecular formula is C13H22N4O. The number of nitrogens with one attached hydrogen (secondary N) is 2. The maximum Gasteiger partial charge on any atom is 0.237 e. The monoisotopic (exact) mass is 250 g/mol. The van der Waals surface area contributed by atoms with E-state index in [1.807, 2.05) is 38.1 Å². The van der Waals surface area contributed by atoms with Crippen molar-refractivity contribution in [2.24, 2.45) is 0 Å². The topological polar surface area (TPSA) is 57.3 Å². The molecule has 0 fully saturated rings. The van der Waals surface area contributed by atoms with Crippen molar-refractivity contribution >= 4 is 11.6 Å². The highest BCUT2D eigenvalue weighted by molar-refractivity contribution is 5.81. The highest BCUT2D eigenvalue weighted by Crippen LogP contribution is 2.01. The molecule has 0 saturated heterocycles. The molecule has 1 aromatic rings. The molecule has 1 amide bonds. The van der Waals surface area contributed by atoms with Gasteiger partial charge in [0.2, 0.25) is 5.91 Å². The number of nitrogens with zero attached hydrogens (tertiary/aromatic N) is 2. The zero-order valence-electron chi connectivity index (χ0n) is 11.3. The summed E-state index contributed by atoms with van der Waals surface area (Å²) in [6.07, 6.45) is 4.42. The molecule has 0 spiro atoms. The molecule has 1 rings (SSSR count). The number of amides is 1. The maximum atomic E-state index is 11.6. The van der Waals surface area contributed by atoms with Gasteiger partial charge in [0.15, 0.2) is 0 Å². The minimum atomic E-state index is -0.0868. The molecule has 0 aliphatic carbocycles. The Morgan fingerprint density at radius 2 is 2.22 bits per heavy atom. The average molecular weight is 250 g/mol. The Bertz CT molecular complexity index is 353. The number of carbonyl (C=O) groups excluding carboxylic acids is 1. The second kappa shape index (κ2) is 7.66. The van der Waals surface area contributed by atoms with Crippen molar-refractivity contribution in [1.82, 2.24) is 15.2 Å². The van der Waals surface area contributed by atoms with E-state index in [4.69, 9.17) is 0 Å². The predicted octanol–water partition coefficient (Wildman–Crippen LogP) is 0.950. The summed E-state index contributed by atoms with van der Waals surface area (Å²) in [6.45, 7) is 3.40. The summed E-state index contributed by atoms with van der Waals surface area (Å²) >= 11 is 0. The van der Waals surface area contributed by atoms with Crippen LogP contribution >= 0.6 is 0 Å². The molecule has 5 nitrogen and oxygen atoms in total. The van der Waals surface area contributed by atoms with Crippen LogP contribution < -0.4 is 10.6 Å².